The average Bonchev–Trinajstić information content (AvgIpc) is 2.46. The van der Waals surface area contributed by atoms with Crippen LogP contribution in [0.15, 0.2) is 27.8 Å². The Balaban J connectivity index is 1.96. The molecule has 5 heteroatoms. The van der Waals surface area contributed by atoms with Gasteiger partial charge in [0.25, 0.3) is 10.9 Å². The summed E-state index contributed by atoms with van der Waals surface area (Å²) < 4.78 is 0. The number of nitrogens with zero attached hydrogens (tertiary/aromatic N) is 1. The maximum absolute atomic E-state index is 12.3. The maximum atomic E-state index is 12.3. The molecule has 0 unspecified atom stereocenters. The van der Waals surface area contributed by atoms with Crippen LogP contribution in [-0.4, -0.2) is 12.3 Å². The minimum Gasteiger partial charge on any atom is -0.394 e. The van der Waals surface area contributed by atoms with Gasteiger partial charge in [-0.05, 0) is 23.5 Å². The molecule has 1 aliphatic rings. The summed E-state index contributed by atoms with van der Waals surface area (Å²) in [6, 6.07) is 5.86. The zero-order valence-electron chi connectivity index (χ0n) is 12.7. The number of hydrogen-bond acceptors (Lipinski definition) is 5. The van der Waals surface area contributed by atoms with E-state index < -0.39 is 10.9 Å². The SMILES string of the molecule is CC(C)Cc1ccc2c(c1)CN(c1c(N)c(=O)c1=O)CC2=O. The lowest BCUT2D eigenvalue weighted by atomic mass is 9.93. The number of anilines is 2. The van der Waals surface area contributed by atoms with E-state index in [-0.39, 0.29) is 23.7 Å². The molecule has 5 nitrogen and oxygen atoms in total. The molecular weight excluding hydrogens is 280 g/mol. The fourth-order valence-corrected chi connectivity index (χ4v) is 3.04. The van der Waals surface area contributed by atoms with Gasteiger partial charge in [-0.2, -0.15) is 0 Å². The highest BCUT2D eigenvalue weighted by atomic mass is 16.2. The zero-order valence-corrected chi connectivity index (χ0v) is 12.7. The summed E-state index contributed by atoms with van der Waals surface area (Å²) in [5.41, 5.74) is 7.28. The van der Waals surface area contributed by atoms with E-state index in [1.54, 1.807) is 4.90 Å². The summed E-state index contributed by atoms with van der Waals surface area (Å²) >= 11 is 0. The Kier molecular flexibility index (Phi) is 3.35. The van der Waals surface area contributed by atoms with E-state index in [1.165, 1.54) is 5.56 Å². The van der Waals surface area contributed by atoms with E-state index in [9.17, 15) is 14.4 Å². The average molecular weight is 298 g/mol. The normalized spacial score (nSPS) is 14.7. The molecule has 2 N–H and O–H groups in total. The molecule has 0 fully saturated rings. The number of benzene rings is 1. The third-order valence-corrected chi connectivity index (χ3v) is 4.05. The van der Waals surface area contributed by atoms with Gasteiger partial charge in [0, 0.05) is 12.1 Å². The molecule has 2 aromatic carbocycles. The predicted octanol–water partition coefficient (Wildman–Crippen LogP) is 1.27. The molecular formula is C17H18N2O3. The third-order valence-electron chi connectivity index (χ3n) is 4.05. The van der Waals surface area contributed by atoms with Crippen LogP contribution in [0.5, 0.6) is 0 Å². The molecule has 0 radical (unpaired) electrons. The van der Waals surface area contributed by atoms with Crippen molar-refractivity contribution in [3.05, 3.63) is 55.3 Å². The van der Waals surface area contributed by atoms with Crippen molar-refractivity contribution in [2.24, 2.45) is 5.92 Å². The van der Waals surface area contributed by atoms with E-state index >= 15 is 0 Å². The minimum atomic E-state index is -0.651. The van der Waals surface area contributed by atoms with Crippen LogP contribution in [0.25, 0.3) is 0 Å². The Morgan fingerprint density at radius 2 is 1.86 bits per heavy atom. The van der Waals surface area contributed by atoms with Gasteiger partial charge in [0.05, 0.1) is 6.54 Å². The van der Waals surface area contributed by atoms with Crippen molar-refractivity contribution >= 4 is 17.2 Å². The lowest BCUT2D eigenvalue weighted by Gasteiger charge is -2.31. The van der Waals surface area contributed by atoms with Crippen LogP contribution < -0.4 is 21.5 Å². The zero-order chi connectivity index (χ0) is 16.0. The highest BCUT2D eigenvalue weighted by Crippen LogP contribution is 2.27. The number of carbonyl (C=O) groups excluding carboxylic acids is 1. The Morgan fingerprint density at radius 1 is 1.14 bits per heavy atom. The van der Waals surface area contributed by atoms with Crippen LogP contribution in [-0.2, 0) is 13.0 Å². The number of rotatable bonds is 3. The van der Waals surface area contributed by atoms with Crippen molar-refractivity contribution in [2.45, 2.75) is 26.8 Å². The number of nitrogens with two attached hydrogens (primary N) is 1. The highest BCUT2D eigenvalue weighted by molar-refractivity contribution is 6.02. The molecule has 0 aromatic heterocycles. The summed E-state index contributed by atoms with van der Waals surface area (Å²) in [7, 11) is 0. The second kappa shape index (κ2) is 5.09. The van der Waals surface area contributed by atoms with Gasteiger partial charge in [-0.25, -0.2) is 0 Å². The number of fused-ring (bicyclic) bond motifs is 1. The van der Waals surface area contributed by atoms with Crippen molar-refractivity contribution in [1.29, 1.82) is 0 Å². The summed E-state index contributed by atoms with van der Waals surface area (Å²) in [5, 5.41) is 0. The molecule has 1 aliphatic heterocycles. The molecule has 114 valence electrons. The van der Waals surface area contributed by atoms with E-state index in [0.29, 0.717) is 18.0 Å². The molecule has 0 aliphatic carbocycles. The number of ketones is 1. The molecule has 0 saturated carbocycles. The van der Waals surface area contributed by atoms with E-state index in [1.807, 2.05) is 18.2 Å². The molecule has 22 heavy (non-hydrogen) atoms. The molecule has 0 bridgehead atoms. The molecule has 0 spiro atoms. The van der Waals surface area contributed by atoms with Gasteiger partial charge in [-0.3, -0.25) is 14.4 Å². The minimum absolute atomic E-state index is 0.0282. The van der Waals surface area contributed by atoms with Gasteiger partial charge in [-0.1, -0.05) is 32.0 Å². The molecule has 0 atom stereocenters. The number of Topliss-reactive ketones (excluding diaryl/α,β-unsaturated/α-hetero) is 1. The first-order valence-electron chi connectivity index (χ1n) is 7.37. The van der Waals surface area contributed by atoms with Gasteiger partial charge < -0.3 is 10.6 Å². The first-order chi connectivity index (χ1) is 10.4. The Hall–Kier alpha value is -2.43. The van der Waals surface area contributed by atoms with Crippen molar-refractivity contribution < 1.29 is 4.79 Å². The predicted molar refractivity (Wildman–Crippen MR) is 86.1 cm³/mol. The molecule has 2 aromatic rings. The summed E-state index contributed by atoms with van der Waals surface area (Å²) in [6.45, 7) is 4.80. The van der Waals surface area contributed by atoms with Gasteiger partial charge in [0.1, 0.15) is 11.4 Å². The van der Waals surface area contributed by atoms with Crippen LogP contribution in [0.3, 0.4) is 0 Å². The summed E-state index contributed by atoms with van der Waals surface area (Å²) in [6.07, 6.45) is 0.934. The van der Waals surface area contributed by atoms with Crippen molar-refractivity contribution in [3.63, 3.8) is 0 Å². The Bertz CT molecular complexity index is 829. The van der Waals surface area contributed by atoms with Gasteiger partial charge in [0.2, 0.25) is 0 Å². The first-order valence-corrected chi connectivity index (χ1v) is 7.37. The largest absolute Gasteiger partial charge is 0.394 e. The standard InChI is InChI=1S/C17H18N2O3/c1-9(2)5-10-3-4-12-11(6-10)7-19(8-13(12)20)15-14(18)16(21)17(15)22/h3-4,6,9H,5,7-8,18H2,1-2H3. The molecule has 3 rings (SSSR count). The lowest BCUT2D eigenvalue weighted by molar-refractivity contribution is 0.0992. The van der Waals surface area contributed by atoms with E-state index in [0.717, 1.165) is 12.0 Å². The van der Waals surface area contributed by atoms with Gasteiger partial charge >= 0.3 is 0 Å². The van der Waals surface area contributed by atoms with Crippen LogP contribution in [0.4, 0.5) is 11.4 Å². The fraction of sp³-hybridized carbons (Fsp3) is 0.353. The van der Waals surface area contributed by atoms with Crippen LogP contribution >= 0.6 is 0 Å². The Morgan fingerprint density at radius 3 is 2.50 bits per heavy atom. The van der Waals surface area contributed by atoms with Crippen LogP contribution in [0, 0.1) is 5.92 Å². The van der Waals surface area contributed by atoms with Crippen molar-refractivity contribution in [3.8, 4) is 0 Å². The fourth-order valence-electron chi connectivity index (χ4n) is 3.04. The van der Waals surface area contributed by atoms with Crippen molar-refractivity contribution in [2.75, 3.05) is 17.2 Å². The van der Waals surface area contributed by atoms with Gasteiger partial charge in [-0.15, -0.1) is 0 Å². The van der Waals surface area contributed by atoms with Crippen LogP contribution in [0.1, 0.15) is 35.3 Å². The van der Waals surface area contributed by atoms with Gasteiger partial charge in [0.15, 0.2) is 5.78 Å². The monoisotopic (exact) mass is 298 g/mol. The van der Waals surface area contributed by atoms with Crippen LogP contribution in [0.2, 0.25) is 0 Å². The lowest BCUT2D eigenvalue weighted by Crippen LogP contribution is -2.46. The van der Waals surface area contributed by atoms with E-state index in [2.05, 4.69) is 13.8 Å². The highest BCUT2D eigenvalue weighted by Gasteiger charge is 2.30. The third kappa shape index (κ3) is 2.22. The number of hydrogen-bond donors (Lipinski definition) is 1. The Labute approximate surface area is 128 Å². The maximum Gasteiger partial charge on any atom is 0.253 e. The molecule has 1 heterocycles. The molecule has 0 saturated heterocycles. The second-order valence-electron chi connectivity index (χ2n) is 6.29. The second-order valence-corrected chi connectivity index (χ2v) is 6.29. The molecule has 0 amide bonds. The quantitative estimate of drug-likeness (QED) is 0.863. The summed E-state index contributed by atoms with van der Waals surface area (Å²) in [5.74, 6) is 0.474. The number of carbonyl (C=O) groups is 1. The smallest absolute Gasteiger partial charge is 0.253 e. The van der Waals surface area contributed by atoms with Crippen molar-refractivity contribution in [1.82, 2.24) is 0 Å². The first kappa shape index (κ1) is 14.5. The number of nitrogen functional groups attached to an aromatic ring is 1. The van der Waals surface area contributed by atoms with E-state index in [4.69, 9.17) is 5.73 Å². The topological polar surface area (TPSA) is 80.5 Å². The summed E-state index contributed by atoms with van der Waals surface area (Å²) in [4.78, 5) is 36.8.